The van der Waals surface area contributed by atoms with Crippen molar-refractivity contribution in [3.05, 3.63) is 72.6 Å². The first-order valence-corrected chi connectivity index (χ1v) is 18.5. The van der Waals surface area contributed by atoms with Crippen LogP contribution < -0.4 is 10.6 Å². The van der Waals surface area contributed by atoms with Gasteiger partial charge < -0.3 is 35.1 Å². The maximum atomic E-state index is 13.7. The Morgan fingerprint density at radius 1 is 0.887 bits per heavy atom. The van der Waals surface area contributed by atoms with E-state index in [9.17, 15) is 19.2 Å². The van der Waals surface area contributed by atoms with E-state index in [0.29, 0.717) is 18.8 Å². The highest BCUT2D eigenvalue weighted by atomic mass is 16.5. The van der Waals surface area contributed by atoms with E-state index >= 15 is 0 Å². The van der Waals surface area contributed by atoms with Crippen LogP contribution in [0.4, 0.5) is 4.79 Å². The average molecular weight is 721 g/mol. The molecule has 3 fully saturated rings. The third-order valence-corrected chi connectivity index (χ3v) is 11.2. The molecule has 0 unspecified atom stereocenters. The lowest BCUT2D eigenvalue weighted by Gasteiger charge is -2.37. The van der Waals surface area contributed by atoms with Gasteiger partial charge in [0.2, 0.25) is 17.7 Å². The monoisotopic (exact) mass is 720 g/mol. The molecule has 3 saturated heterocycles. The lowest BCUT2D eigenvalue weighted by molar-refractivity contribution is -0.142. The van der Waals surface area contributed by atoms with Crippen molar-refractivity contribution >= 4 is 23.8 Å². The molecule has 0 bridgehead atoms. The number of hydrogen-bond acceptors (Lipinski definition) is 7. The SMILES string of the molecule is COC(=O)N[C@H](C(=O)N1CCC[C@@]1(C)c1nc(-c2ccc(-c3ccc(-c4c[nH]c([C@@H]5CC[C@@H]6CC[C@H](NC(C)=O)C(=O)N65)n4)cc3)cc2)c[nH]1)C(C)C. The summed E-state index contributed by atoms with van der Waals surface area (Å²) >= 11 is 0. The lowest BCUT2D eigenvalue weighted by atomic mass is 9.95. The van der Waals surface area contributed by atoms with Crippen LogP contribution in [0.2, 0.25) is 0 Å². The Morgan fingerprint density at radius 3 is 2.11 bits per heavy atom. The van der Waals surface area contributed by atoms with Crippen LogP contribution in [0.1, 0.15) is 83.9 Å². The quantitative estimate of drug-likeness (QED) is 0.173. The van der Waals surface area contributed by atoms with Gasteiger partial charge in [-0.15, -0.1) is 0 Å². The molecule has 3 aliphatic rings. The molecule has 2 aromatic carbocycles. The Hall–Kier alpha value is -5.46. The Bertz CT molecular complexity index is 1990. The fourth-order valence-corrected chi connectivity index (χ4v) is 8.31. The van der Waals surface area contributed by atoms with Crippen LogP contribution in [0, 0.1) is 5.92 Å². The standard InChI is InChI=1S/C40H48N8O5/c1-23(2)34(46-39(52)53-5)37(51)47-20-6-19-40(47,4)38-42-22-32(45-38)28-13-9-26(10-14-28)25-7-11-27(12-8-25)31-21-41-35(44-31)33-18-16-29-15-17-30(43-24(3)49)36(50)48(29)33/h7-14,21-23,29-30,33-34H,6,15-20H2,1-5H3,(H,41,44)(H,42,45)(H,43,49)(H,46,52)/t29-,30-,33-,34-,40-/m0/s1. The van der Waals surface area contributed by atoms with E-state index in [1.54, 1.807) is 0 Å². The number of ether oxygens (including phenoxy) is 1. The zero-order chi connectivity index (χ0) is 37.4. The fourth-order valence-electron chi connectivity index (χ4n) is 8.31. The Balaban J connectivity index is 1.02. The van der Waals surface area contributed by atoms with Gasteiger partial charge in [-0.1, -0.05) is 62.4 Å². The smallest absolute Gasteiger partial charge is 0.407 e. The molecule has 13 nitrogen and oxygen atoms in total. The van der Waals surface area contributed by atoms with E-state index in [1.807, 2.05) is 55.1 Å². The predicted octanol–water partition coefficient (Wildman–Crippen LogP) is 5.68. The van der Waals surface area contributed by atoms with Gasteiger partial charge >= 0.3 is 6.09 Å². The topological polar surface area (TPSA) is 165 Å². The number of aromatic amines is 2. The van der Waals surface area contributed by atoms with E-state index in [-0.39, 0.29) is 35.7 Å². The van der Waals surface area contributed by atoms with E-state index < -0.39 is 23.7 Å². The maximum absolute atomic E-state index is 13.7. The van der Waals surface area contributed by atoms with Crippen molar-refractivity contribution in [2.24, 2.45) is 5.92 Å². The molecule has 3 aliphatic heterocycles. The van der Waals surface area contributed by atoms with Gasteiger partial charge in [-0.3, -0.25) is 14.4 Å². The highest BCUT2D eigenvalue weighted by Crippen LogP contribution is 2.41. The van der Waals surface area contributed by atoms with E-state index in [1.165, 1.54) is 14.0 Å². The Kier molecular flexibility index (Phi) is 9.84. The summed E-state index contributed by atoms with van der Waals surface area (Å²) in [4.78, 5) is 71.0. The number of carbonyl (C=O) groups is 4. The molecule has 7 rings (SSSR count). The van der Waals surface area contributed by atoms with E-state index in [0.717, 1.165) is 71.6 Å². The fraction of sp³-hybridized carbons (Fsp3) is 0.450. The highest BCUT2D eigenvalue weighted by molar-refractivity contribution is 5.88. The predicted molar refractivity (Wildman–Crippen MR) is 199 cm³/mol. The molecule has 0 aliphatic carbocycles. The number of hydrogen-bond donors (Lipinski definition) is 4. The van der Waals surface area contributed by atoms with Crippen molar-refractivity contribution in [3.63, 3.8) is 0 Å². The number of H-pyrrole nitrogens is 2. The van der Waals surface area contributed by atoms with Gasteiger partial charge in [-0.2, -0.15) is 0 Å². The van der Waals surface area contributed by atoms with Crippen LogP contribution in [0.15, 0.2) is 60.9 Å². The van der Waals surface area contributed by atoms with Gasteiger partial charge in [-0.25, -0.2) is 14.8 Å². The number of nitrogens with one attached hydrogen (secondary N) is 4. The molecule has 4 aromatic rings. The summed E-state index contributed by atoms with van der Waals surface area (Å²) in [5.74, 6) is 1.02. The van der Waals surface area contributed by atoms with Crippen LogP contribution >= 0.6 is 0 Å². The summed E-state index contributed by atoms with van der Waals surface area (Å²) in [5.41, 5.74) is 5.01. The summed E-state index contributed by atoms with van der Waals surface area (Å²) in [6.45, 7) is 7.86. The molecular weight excluding hydrogens is 672 g/mol. The molecule has 5 heterocycles. The van der Waals surface area contributed by atoms with Gasteiger partial charge in [0.15, 0.2) is 0 Å². The molecule has 0 radical (unpaired) electrons. The zero-order valence-electron chi connectivity index (χ0n) is 30.9. The first-order chi connectivity index (χ1) is 25.5. The molecule has 0 spiro atoms. The molecule has 2 aromatic heterocycles. The second-order valence-corrected chi connectivity index (χ2v) is 15.0. The van der Waals surface area contributed by atoms with Gasteiger partial charge in [0.1, 0.15) is 23.7 Å². The number of methoxy groups -OCH3 is 1. The van der Waals surface area contributed by atoms with E-state index in [4.69, 9.17) is 14.7 Å². The summed E-state index contributed by atoms with van der Waals surface area (Å²) in [6.07, 6.45) is 8.07. The number of rotatable bonds is 9. The summed E-state index contributed by atoms with van der Waals surface area (Å²) in [6, 6.07) is 15.4. The van der Waals surface area contributed by atoms with Gasteiger partial charge in [0.05, 0.1) is 30.1 Å². The van der Waals surface area contributed by atoms with Crippen molar-refractivity contribution in [2.45, 2.75) is 95.9 Å². The van der Waals surface area contributed by atoms with Crippen LogP contribution in [-0.2, 0) is 24.7 Å². The highest BCUT2D eigenvalue weighted by Gasteiger charge is 2.47. The largest absolute Gasteiger partial charge is 0.453 e. The lowest BCUT2D eigenvalue weighted by Crippen LogP contribution is -2.55. The number of piperidine rings is 1. The van der Waals surface area contributed by atoms with Crippen LogP contribution in [0.5, 0.6) is 0 Å². The molecule has 53 heavy (non-hydrogen) atoms. The van der Waals surface area contributed by atoms with Gasteiger partial charge in [0.25, 0.3) is 0 Å². The Morgan fingerprint density at radius 2 is 1.49 bits per heavy atom. The number of likely N-dealkylation sites (tertiary alicyclic amines) is 1. The molecule has 4 N–H and O–H groups in total. The average Bonchev–Trinajstić information content (AvgIpc) is 3.98. The summed E-state index contributed by atoms with van der Waals surface area (Å²) < 4.78 is 4.77. The molecule has 4 amide bonds. The minimum atomic E-state index is -0.703. The number of amides is 4. The number of alkyl carbamates (subject to hydrolysis) is 1. The number of imidazole rings is 2. The third-order valence-electron chi connectivity index (χ3n) is 11.2. The summed E-state index contributed by atoms with van der Waals surface area (Å²) in [5, 5.41) is 5.53. The molecular formula is C40H48N8O5. The number of aromatic nitrogens is 4. The normalized spacial score (nSPS) is 23.2. The molecule has 0 saturated carbocycles. The van der Waals surface area contributed by atoms with Crippen LogP contribution in [0.3, 0.4) is 0 Å². The first kappa shape index (κ1) is 35.9. The van der Waals surface area contributed by atoms with E-state index in [2.05, 4.69) is 57.0 Å². The summed E-state index contributed by atoms with van der Waals surface area (Å²) in [7, 11) is 1.29. The second kappa shape index (κ2) is 14.5. The van der Waals surface area contributed by atoms with Crippen molar-refractivity contribution in [2.75, 3.05) is 13.7 Å². The minimum absolute atomic E-state index is 0.0205. The second-order valence-electron chi connectivity index (χ2n) is 15.0. The van der Waals surface area contributed by atoms with Crippen molar-refractivity contribution in [1.29, 1.82) is 0 Å². The van der Waals surface area contributed by atoms with Crippen molar-refractivity contribution in [3.8, 4) is 33.6 Å². The van der Waals surface area contributed by atoms with Crippen LogP contribution in [-0.4, -0.2) is 85.3 Å². The number of benzene rings is 2. The van der Waals surface area contributed by atoms with Crippen molar-refractivity contribution < 1.29 is 23.9 Å². The van der Waals surface area contributed by atoms with Crippen LogP contribution in [0.25, 0.3) is 33.6 Å². The maximum Gasteiger partial charge on any atom is 0.407 e. The third kappa shape index (κ3) is 6.92. The molecule has 278 valence electrons. The molecule has 5 atom stereocenters. The minimum Gasteiger partial charge on any atom is -0.453 e. The number of carbonyl (C=O) groups excluding carboxylic acids is 4. The first-order valence-electron chi connectivity index (χ1n) is 18.5. The zero-order valence-corrected chi connectivity index (χ0v) is 30.9. The van der Waals surface area contributed by atoms with Crippen molar-refractivity contribution in [1.82, 2.24) is 40.4 Å². The Labute approximate surface area is 309 Å². The number of nitrogens with zero attached hydrogens (tertiary/aromatic N) is 4. The van der Waals surface area contributed by atoms with Gasteiger partial charge in [0, 0.05) is 43.0 Å². The molecule has 13 heteroatoms. The van der Waals surface area contributed by atoms with Gasteiger partial charge in [-0.05, 0) is 62.5 Å². The number of fused-ring (bicyclic) bond motifs is 1.